The molecule has 11 heavy (non-hydrogen) atoms. The Bertz CT molecular complexity index is 217. The highest BCUT2D eigenvalue weighted by Gasteiger charge is 2.26. The zero-order valence-corrected chi connectivity index (χ0v) is 7.31. The van der Waals surface area contributed by atoms with Crippen molar-refractivity contribution in [3.63, 3.8) is 0 Å². The maximum absolute atomic E-state index is 5.84. The summed E-state index contributed by atoms with van der Waals surface area (Å²) in [4.78, 5) is 0. The van der Waals surface area contributed by atoms with Gasteiger partial charge in [0.1, 0.15) is 0 Å². The highest BCUT2D eigenvalue weighted by molar-refractivity contribution is 7.07. The summed E-state index contributed by atoms with van der Waals surface area (Å²) >= 11 is 1.78. The van der Waals surface area contributed by atoms with Gasteiger partial charge in [0.05, 0.1) is 0 Å². The van der Waals surface area contributed by atoms with Crippen LogP contribution in [0.2, 0.25) is 0 Å². The molecule has 1 fully saturated rings. The molecular weight excluding hydrogens is 154 g/mol. The van der Waals surface area contributed by atoms with Gasteiger partial charge in [-0.15, -0.1) is 0 Å². The Morgan fingerprint density at radius 2 is 2.45 bits per heavy atom. The second kappa shape index (κ2) is 2.95. The average molecular weight is 167 g/mol. The van der Waals surface area contributed by atoms with Crippen LogP contribution in [0.3, 0.4) is 0 Å². The van der Waals surface area contributed by atoms with E-state index in [2.05, 4.69) is 16.8 Å². The third-order valence-electron chi connectivity index (χ3n) is 2.55. The Morgan fingerprint density at radius 3 is 2.91 bits per heavy atom. The fourth-order valence-electron chi connectivity index (χ4n) is 1.56. The molecule has 2 rings (SSSR count). The van der Waals surface area contributed by atoms with E-state index in [1.807, 2.05) is 0 Å². The first-order valence-electron chi connectivity index (χ1n) is 4.13. The van der Waals surface area contributed by atoms with Crippen molar-refractivity contribution in [2.45, 2.75) is 25.3 Å². The minimum atomic E-state index is 0.481. The van der Waals surface area contributed by atoms with Crippen molar-refractivity contribution in [2.24, 2.45) is 11.7 Å². The quantitative estimate of drug-likeness (QED) is 0.716. The predicted octanol–water partition coefficient (Wildman–Crippen LogP) is 2.03. The first-order valence-corrected chi connectivity index (χ1v) is 5.07. The van der Waals surface area contributed by atoms with E-state index in [9.17, 15) is 0 Å². The molecule has 1 aromatic rings. The van der Waals surface area contributed by atoms with E-state index < -0.39 is 0 Å². The van der Waals surface area contributed by atoms with Gasteiger partial charge in [-0.1, -0.05) is 0 Å². The van der Waals surface area contributed by atoms with E-state index in [-0.39, 0.29) is 0 Å². The maximum atomic E-state index is 5.84. The summed E-state index contributed by atoms with van der Waals surface area (Å²) in [5.41, 5.74) is 7.31. The molecule has 0 aromatic carbocycles. The smallest absolute Gasteiger partial charge is 0.00704 e. The van der Waals surface area contributed by atoms with Crippen LogP contribution in [0.1, 0.15) is 18.4 Å². The molecular formula is C9H13NS. The molecule has 0 spiro atoms. The molecule has 1 aliphatic rings. The van der Waals surface area contributed by atoms with Crippen LogP contribution < -0.4 is 5.73 Å². The van der Waals surface area contributed by atoms with E-state index in [0.717, 1.165) is 5.92 Å². The third-order valence-corrected chi connectivity index (χ3v) is 3.29. The Balaban J connectivity index is 1.91. The minimum Gasteiger partial charge on any atom is -0.327 e. The van der Waals surface area contributed by atoms with Crippen molar-refractivity contribution < 1.29 is 0 Å². The average Bonchev–Trinajstić information content (AvgIpc) is 2.49. The highest BCUT2D eigenvalue weighted by atomic mass is 32.1. The second-order valence-electron chi connectivity index (χ2n) is 3.34. The molecule has 0 saturated heterocycles. The lowest BCUT2D eigenvalue weighted by molar-refractivity contribution is 0.256. The van der Waals surface area contributed by atoms with Gasteiger partial charge in [-0.3, -0.25) is 0 Å². The normalized spacial score (nSPS) is 29.9. The van der Waals surface area contributed by atoms with Crippen molar-refractivity contribution in [3.05, 3.63) is 22.4 Å². The fourth-order valence-corrected chi connectivity index (χ4v) is 2.24. The summed E-state index contributed by atoms with van der Waals surface area (Å²) in [6, 6.07) is 2.69. The van der Waals surface area contributed by atoms with Crippen molar-refractivity contribution in [1.82, 2.24) is 0 Å². The molecule has 1 saturated carbocycles. The van der Waals surface area contributed by atoms with Crippen LogP contribution in [0.25, 0.3) is 0 Å². The van der Waals surface area contributed by atoms with Crippen LogP contribution in [0, 0.1) is 5.92 Å². The first-order chi connectivity index (χ1) is 5.36. The molecule has 60 valence electrons. The van der Waals surface area contributed by atoms with Crippen LogP contribution in [0.5, 0.6) is 0 Å². The molecule has 1 heterocycles. The number of hydrogen-bond acceptors (Lipinski definition) is 2. The summed E-state index contributed by atoms with van der Waals surface area (Å²) in [7, 11) is 0. The van der Waals surface area contributed by atoms with E-state index in [1.54, 1.807) is 11.3 Å². The van der Waals surface area contributed by atoms with Crippen LogP contribution >= 0.6 is 11.3 Å². The Labute approximate surface area is 71.2 Å². The zero-order chi connectivity index (χ0) is 7.68. The molecule has 0 bridgehead atoms. The van der Waals surface area contributed by atoms with E-state index in [4.69, 9.17) is 5.73 Å². The lowest BCUT2D eigenvalue weighted by atomic mass is 9.77. The fraction of sp³-hybridized carbons (Fsp3) is 0.556. The van der Waals surface area contributed by atoms with E-state index >= 15 is 0 Å². The van der Waals surface area contributed by atoms with Crippen molar-refractivity contribution in [2.75, 3.05) is 0 Å². The van der Waals surface area contributed by atoms with E-state index in [1.165, 1.54) is 24.8 Å². The monoisotopic (exact) mass is 167 g/mol. The molecule has 2 atom stereocenters. The molecule has 2 heteroatoms. The topological polar surface area (TPSA) is 26.0 Å². The van der Waals surface area contributed by atoms with Gasteiger partial charge in [0.25, 0.3) is 0 Å². The predicted molar refractivity (Wildman–Crippen MR) is 48.7 cm³/mol. The summed E-state index contributed by atoms with van der Waals surface area (Å²) < 4.78 is 0. The lowest BCUT2D eigenvalue weighted by Crippen LogP contribution is -2.40. The minimum absolute atomic E-state index is 0.481. The standard InChI is InChI=1S/C9H13NS/c10-9-2-1-8(9)5-7-3-4-11-6-7/h3-4,6,8-9H,1-2,5,10H2. The number of nitrogens with two attached hydrogens (primary N) is 1. The summed E-state index contributed by atoms with van der Waals surface area (Å²) in [6.45, 7) is 0. The Kier molecular flexibility index (Phi) is 1.96. The van der Waals surface area contributed by atoms with Gasteiger partial charge in [-0.25, -0.2) is 0 Å². The SMILES string of the molecule is NC1CCC1Cc1ccsc1. The summed E-state index contributed by atoms with van der Waals surface area (Å²) in [6.07, 6.45) is 3.76. The summed E-state index contributed by atoms with van der Waals surface area (Å²) in [5.74, 6) is 0.768. The van der Waals surface area contributed by atoms with Gasteiger partial charge in [-0.2, -0.15) is 11.3 Å². The maximum Gasteiger partial charge on any atom is 0.00704 e. The zero-order valence-electron chi connectivity index (χ0n) is 6.49. The van der Waals surface area contributed by atoms with Gasteiger partial charge in [0.15, 0.2) is 0 Å². The van der Waals surface area contributed by atoms with Crippen molar-refractivity contribution >= 4 is 11.3 Å². The molecule has 2 N–H and O–H groups in total. The molecule has 1 nitrogen and oxygen atoms in total. The number of rotatable bonds is 2. The van der Waals surface area contributed by atoms with Crippen LogP contribution in [-0.2, 0) is 6.42 Å². The largest absolute Gasteiger partial charge is 0.327 e. The molecule has 1 aromatic heterocycles. The molecule has 0 aliphatic heterocycles. The third kappa shape index (κ3) is 1.47. The summed E-state index contributed by atoms with van der Waals surface area (Å²) in [5, 5.41) is 4.37. The van der Waals surface area contributed by atoms with Crippen LogP contribution in [-0.4, -0.2) is 6.04 Å². The second-order valence-corrected chi connectivity index (χ2v) is 4.12. The molecule has 0 radical (unpaired) electrons. The van der Waals surface area contributed by atoms with Crippen LogP contribution in [0.4, 0.5) is 0 Å². The molecule has 0 amide bonds. The van der Waals surface area contributed by atoms with Gasteiger partial charge < -0.3 is 5.73 Å². The number of hydrogen-bond donors (Lipinski definition) is 1. The number of thiophene rings is 1. The van der Waals surface area contributed by atoms with Crippen LogP contribution in [0.15, 0.2) is 16.8 Å². The Morgan fingerprint density at radius 1 is 1.55 bits per heavy atom. The molecule has 1 aliphatic carbocycles. The van der Waals surface area contributed by atoms with Gasteiger partial charge in [0, 0.05) is 6.04 Å². The first kappa shape index (κ1) is 7.32. The van der Waals surface area contributed by atoms with Gasteiger partial charge in [-0.05, 0) is 47.6 Å². The van der Waals surface area contributed by atoms with Gasteiger partial charge >= 0.3 is 0 Å². The Hall–Kier alpha value is -0.340. The highest BCUT2D eigenvalue weighted by Crippen LogP contribution is 2.29. The van der Waals surface area contributed by atoms with E-state index in [0.29, 0.717) is 6.04 Å². The van der Waals surface area contributed by atoms with Crippen molar-refractivity contribution in [3.8, 4) is 0 Å². The lowest BCUT2D eigenvalue weighted by Gasteiger charge is -2.33. The molecule has 2 unspecified atom stereocenters. The van der Waals surface area contributed by atoms with Crippen molar-refractivity contribution in [1.29, 1.82) is 0 Å². The van der Waals surface area contributed by atoms with Gasteiger partial charge in [0.2, 0.25) is 0 Å².